The van der Waals surface area contributed by atoms with Gasteiger partial charge in [-0.1, -0.05) is 17.7 Å². The van der Waals surface area contributed by atoms with Crippen molar-refractivity contribution in [3.05, 3.63) is 12.7 Å². The Hall–Kier alpha value is -0.0500. The SMILES string of the molecule is C=CCOCC(=N)Cl.Cl. The lowest BCUT2D eigenvalue weighted by atomic mass is 10.7. The fourth-order valence-corrected chi connectivity index (χ4v) is 0.309. The van der Waals surface area contributed by atoms with Crippen LogP contribution in [0, 0.1) is 5.41 Å². The van der Waals surface area contributed by atoms with Crippen LogP contribution in [-0.4, -0.2) is 18.4 Å². The van der Waals surface area contributed by atoms with Crippen molar-refractivity contribution in [2.75, 3.05) is 13.2 Å². The van der Waals surface area contributed by atoms with E-state index in [0.717, 1.165) is 0 Å². The van der Waals surface area contributed by atoms with Crippen LogP contribution in [0.1, 0.15) is 0 Å². The quantitative estimate of drug-likeness (QED) is 0.389. The van der Waals surface area contributed by atoms with Crippen molar-refractivity contribution in [2.24, 2.45) is 0 Å². The summed E-state index contributed by atoms with van der Waals surface area (Å²) in [7, 11) is 0. The Labute approximate surface area is 65.8 Å². The van der Waals surface area contributed by atoms with Crippen molar-refractivity contribution in [2.45, 2.75) is 0 Å². The molecule has 0 heterocycles. The number of halogens is 2. The molecule has 9 heavy (non-hydrogen) atoms. The molecule has 1 N–H and O–H groups in total. The van der Waals surface area contributed by atoms with Crippen molar-refractivity contribution in [1.29, 1.82) is 5.41 Å². The predicted octanol–water partition coefficient (Wildman–Crippen LogP) is 1.83. The second-order valence-corrected chi connectivity index (χ2v) is 1.66. The van der Waals surface area contributed by atoms with Crippen LogP contribution in [0.15, 0.2) is 12.7 Å². The minimum Gasteiger partial charge on any atom is -0.370 e. The van der Waals surface area contributed by atoms with Crippen LogP contribution in [-0.2, 0) is 4.74 Å². The molecule has 0 unspecified atom stereocenters. The lowest BCUT2D eigenvalue weighted by Gasteiger charge is -1.93. The van der Waals surface area contributed by atoms with Gasteiger partial charge in [-0.05, 0) is 0 Å². The first kappa shape index (κ1) is 11.7. The molecule has 0 rings (SSSR count). The van der Waals surface area contributed by atoms with Gasteiger partial charge in [0.2, 0.25) is 0 Å². The van der Waals surface area contributed by atoms with Crippen LogP contribution >= 0.6 is 24.0 Å². The molecule has 0 spiro atoms. The first-order chi connectivity index (χ1) is 3.77. The molecular formula is C5H9Cl2NO. The van der Waals surface area contributed by atoms with E-state index in [-0.39, 0.29) is 24.2 Å². The van der Waals surface area contributed by atoms with Gasteiger partial charge in [0.25, 0.3) is 0 Å². The summed E-state index contributed by atoms with van der Waals surface area (Å²) < 4.78 is 4.77. The summed E-state index contributed by atoms with van der Waals surface area (Å²) in [5.74, 6) is 0. The van der Waals surface area contributed by atoms with Crippen molar-refractivity contribution in [1.82, 2.24) is 0 Å². The molecule has 0 aromatic carbocycles. The Bertz CT molecular complexity index is 95.0. The van der Waals surface area contributed by atoms with Gasteiger partial charge in [-0.3, -0.25) is 5.41 Å². The third-order valence-electron chi connectivity index (χ3n) is 0.464. The Kier molecular flexibility index (Phi) is 10.3. The smallest absolute Gasteiger partial charge is 0.123 e. The van der Waals surface area contributed by atoms with Crippen LogP contribution in [0.3, 0.4) is 0 Å². The van der Waals surface area contributed by atoms with Gasteiger partial charge in [-0.15, -0.1) is 19.0 Å². The van der Waals surface area contributed by atoms with Crippen LogP contribution in [0.2, 0.25) is 0 Å². The molecule has 0 saturated heterocycles. The highest BCUT2D eigenvalue weighted by Gasteiger charge is 1.86. The summed E-state index contributed by atoms with van der Waals surface area (Å²) in [6, 6.07) is 0. The van der Waals surface area contributed by atoms with Crippen molar-refractivity contribution in [3.8, 4) is 0 Å². The average Bonchev–Trinajstić information content (AvgIpc) is 1.66. The number of ether oxygens (including phenoxy) is 1. The summed E-state index contributed by atoms with van der Waals surface area (Å²) in [6.07, 6.45) is 1.61. The van der Waals surface area contributed by atoms with Gasteiger partial charge in [0.05, 0.1) is 13.2 Å². The van der Waals surface area contributed by atoms with Crippen LogP contribution in [0.4, 0.5) is 0 Å². The van der Waals surface area contributed by atoms with E-state index < -0.39 is 0 Å². The number of nitrogens with one attached hydrogen (secondary N) is 1. The fourth-order valence-electron chi connectivity index (χ4n) is 0.232. The number of hydrogen-bond acceptors (Lipinski definition) is 2. The van der Waals surface area contributed by atoms with E-state index in [9.17, 15) is 0 Å². The number of rotatable bonds is 4. The zero-order valence-electron chi connectivity index (χ0n) is 4.89. The average molecular weight is 170 g/mol. The highest BCUT2D eigenvalue weighted by atomic mass is 35.5. The van der Waals surface area contributed by atoms with Crippen LogP contribution in [0.25, 0.3) is 0 Å². The highest BCUT2D eigenvalue weighted by molar-refractivity contribution is 6.64. The molecule has 0 aliphatic carbocycles. The molecule has 4 heteroatoms. The van der Waals surface area contributed by atoms with E-state index in [1.165, 1.54) is 0 Å². The Morgan fingerprint density at radius 3 is 2.67 bits per heavy atom. The van der Waals surface area contributed by atoms with Crippen molar-refractivity contribution in [3.63, 3.8) is 0 Å². The van der Waals surface area contributed by atoms with E-state index in [1.807, 2.05) is 0 Å². The first-order valence-electron chi connectivity index (χ1n) is 2.19. The van der Waals surface area contributed by atoms with Crippen LogP contribution in [0.5, 0.6) is 0 Å². The van der Waals surface area contributed by atoms with Crippen molar-refractivity contribution >= 4 is 29.2 Å². The van der Waals surface area contributed by atoms with Crippen LogP contribution < -0.4 is 0 Å². The first-order valence-corrected chi connectivity index (χ1v) is 2.56. The Balaban J connectivity index is 0. The van der Waals surface area contributed by atoms with E-state index in [1.54, 1.807) is 6.08 Å². The third kappa shape index (κ3) is 11.5. The molecule has 54 valence electrons. The maximum atomic E-state index is 6.68. The standard InChI is InChI=1S/C5H8ClNO.ClH/c1-2-3-8-4-5(6)7;/h2,7H,1,3-4H2;1H. The van der Waals surface area contributed by atoms with E-state index in [0.29, 0.717) is 6.61 Å². The van der Waals surface area contributed by atoms with Gasteiger partial charge < -0.3 is 4.74 Å². The molecule has 0 aromatic heterocycles. The molecule has 2 nitrogen and oxygen atoms in total. The molecule has 0 aromatic rings. The van der Waals surface area contributed by atoms with Gasteiger partial charge in [-0.2, -0.15) is 0 Å². The molecule has 0 amide bonds. The minimum atomic E-state index is 0. The second-order valence-electron chi connectivity index (χ2n) is 1.21. The molecule has 0 radical (unpaired) electrons. The van der Waals surface area contributed by atoms with Gasteiger partial charge in [-0.25, -0.2) is 0 Å². The summed E-state index contributed by atoms with van der Waals surface area (Å²) in [4.78, 5) is 0. The molecule has 0 bridgehead atoms. The largest absolute Gasteiger partial charge is 0.370 e. The lowest BCUT2D eigenvalue weighted by Crippen LogP contribution is -1.99. The summed E-state index contributed by atoms with van der Waals surface area (Å²) in [6.45, 7) is 4.06. The lowest BCUT2D eigenvalue weighted by molar-refractivity contribution is 0.205. The predicted molar refractivity (Wildman–Crippen MR) is 41.8 cm³/mol. The third-order valence-corrected chi connectivity index (χ3v) is 0.574. The highest BCUT2D eigenvalue weighted by Crippen LogP contribution is 1.81. The maximum absolute atomic E-state index is 6.68. The Morgan fingerprint density at radius 2 is 2.33 bits per heavy atom. The van der Waals surface area contributed by atoms with Gasteiger partial charge >= 0.3 is 0 Å². The zero-order valence-corrected chi connectivity index (χ0v) is 6.47. The van der Waals surface area contributed by atoms with E-state index >= 15 is 0 Å². The normalized spacial score (nSPS) is 7.67. The monoisotopic (exact) mass is 169 g/mol. The van der Waals surface area contributed by atoms with Crippen molar-refractivity contribution < 1.29 is 4.74 Å². The zero-order chi connectivity index (χ0) is 6.41. The van der Waals surface area contributed by atoms with E-state index in [2.05, 4.69) is 6.58 Å². The maximum Gasteiger partial charge on any atom is 0.123 e. The van der Waals surface area contributed by atoms with Gasteiger partial charge in [0.1, 0.15) is 5.17 Å². The molecule has 0 fully saturated rings. The summed E-state index contributed by atoms with van der Waals surface area (Å²) in [5, 5.41) is 6.70. The number of hydrogen-bond donors (Lipinski definition) is 1. The Morgan fingerprint density at radius 1 is 1.78 bits per heavy atom. The molecule has 0 saturated carbocycles. The summed E-state index contributed by atoms with van der Waals surface area (Å²) in [5.41, 5.74) is 0. The fraction of sp³-hybridized carbons (Fsp3) is 0.400. The molecule has 0 aliphatic rings. The topological polar surface area (TPSA) is 33.1 Å². The minimum absolute atomic E-state index is 0. The molecule has 0 atom stereocenters. The molecular weight excluding hydrogens is 161 g/mol. The summed E-state index contributed by atoms with van der Waals surface area (Å²) >= 11 is 5.14. The van der Waals surface area contributed by atoms with E-state index in [4.69, 9.17) is 21.7 Å². The van der Waals surface area contributed by atoms with Gasteiger partial charge in [0.15, 0.2) is 0 Å². The second kappa shape index (κ2) is 7.95. The van der Waals surface area contributed by atoms with Gasteiger partial charge in [0, 0.05) is 0 Å². The molecule has 0 aliphatic heterocycles.